The van der Waals surface area contributed by atoms with Gasteiger partial charge in [0.15, 0.2) is 33.0 Å². The van der Waals surface area contributed by atoms with Crippen molar-refractivity contribution in [1.82, 2.24) is 34.7 Å². The summed E-state index contributed by atoms with van der Waals surface area (Å²) >= 11 is 5.84. The first kappa shape index (κ1) is 28.9. The molecule has 0 aromatic carbocycles. The third kappa shape index (κ3) is 5.12. The van der Waals surface area contributed by atoms with Crippen molar-refractivity contribution in [3.8, 4) is 17.4 Å². The van der Waals surface area contributed by atoms with Crippen molar-refractivity contribution in [3.63, 3.8) is 0 Å². The minimum absolute atomic E-state index is 0.0606. The van der Waals surface area contributed by atoms with Gasteiger partial charge in [-0.1, -0.05) is 18.0 Å². The molecule has 39 heavy (non-hydrogen) atoms. The van der Waals surface area contributed by atoms with Crippen LogP contribution in [0.15, 0.2) is 18.7 Å². The summed E-state index contributed by atoms with van der Waals surface area (Å²) in [5.41, 5.74) is -2.51. The lowest BCUT2D eigenvalue weighted by Crippen LogP contribution is -2.50. The standard InChI is InChI=1S/C22H25ClF3N7O5S/c1-12(16(36-2)17-27-8-13(23)9-28-17)39(34,35)10-14-31-32-20(21(6-5-7-21)22(24,25)26)33(14)15-18(37-3)29-11-30-19(15)38-4/h8-9,11-12,16H,5-7,10H2,1-4H3/t12-,16-/m0/s1. The molecule has 2 atom stereocenters. The number of aromatic nitrogens is 7. The molecular weight excluding hydrogens is 567 g/mol. The molecule has 1 fully saturated rings. The maximum absolute atomic E-state index is 14.4. The van der Waals surface area contributed by atoms with Crippen molar-refractivity contribution >= 4 is 21.4 Å². The van der Waals surface area contributed by atoms with Crippen LogP contribution in [-0.4, -0.2) is 75.9 Å². The van der Waals surface area contributed by atoms with Gasteiger partial charge >= 0.3 is 6.18 Å². The number of rotatable bonds is 10. The number of hydrogen-bond donors (Lipinski definition) is 0. The molecule has 212 valence electrons. The van der Waals surface area contributed by atoms with E-state index in [0.717, 1.165) is 10.9 Å². The van der Waals surface area contributed by atoms with Gasteiger partial charge < -0.3 is 14.2 Å². The van der Waals surface area contributed by atoms with Gasteiger partial charge in [-0.25, -0.2) is 18.4 Å². The molecule has 0 radical (unpaired) electrons. The molecule has 3 aromatic heterocycles. The van der Waals surface area contributed by atoms with Gasteiger partial charge in [0.05, 0.1) is 24.5 Å². The second-order valence-electron chi connectivity index (χ2n) is 8.88. The van der Waals surface area contributed by atoms with Crippen molar-refractivity contribution in [2.45, 2.75) is 54.9 Å². The lowest BCUT2D eigenvalue weighted by Gasteiger charge is -2.42. The number of halogens is 4. The fraction of sp³-hybridized carbons (Fsp3) is 0.545. The van der Waals surface area contributed by atoms with E-state index >= 15 is 0 Å². The van der Waals surface area contributed by atoms with Crippen LogP contribution in [0, 0.1) is 0 Å². The summed E-state index contributed by atoms with van der Waals surface area (Å²) in [6.07, 6.45) is -2.33. The Kier molecular flexibility index (Phi) is 8.01. The SMILES string of the molecule is COc1ncnc(OC)c1-n1c(CS(=O)(=O)[C@@H](C)[C@H](OC)c2ncc(Cl)cn2)nnc1C1(C(F)(F)F)CCC1. The van der Waals surface area contributed by atoms with E-state index in [1.165, 1.54) is 40.6 Å². The van der Waals surface area contributed by atoms with E-state index < -0.39 is 44.4 Å². The van der Waals surface area contributed by atoms with E-state index in [9.17, 15) is 21.6 Å². The first-order chi connectivity index (χ1) is 18.4. The summed E-state index contributed by atoms with van der Waals surface area (Å²) < 4.78 is 87.4. The van der Waals surface area contributed by atoms with Gasteiger partial charge in [-0.15, -0.1) is 10.2 Å². The van der Waals surface area contributed by atoms with E-state index in [1.807, 2.05) is 0 Å². The van der Waals surface area contributed by atoms with Gasteiger partial charge in [-0.05, 0) is 19.8 Å². The van der Waals surface area contributed by atoms with Crippen molar-refractivity contribution in [2.75, 3.05) is 21.3 Å². The topological polar surface area (TPSA) is 144 Å². The molecule has 1 saturated carbocycles. The van der Waals surface area contributed by atoms with Crippen LogP contribution in [0.5, 0.6) is 11.8 Å². The molecule has 1 aliphatic rings. The number of ether oxygens (including phenoxy) is 3. The average molecular weight is 592 g/mol. The molecule has 0 unspecified atom stereocenters. The highest BCUT2D eigenvalue weighted by atomic mass is 35.5. The zero-order valence-corrected chi connectivity index (χ0v) is 22.9. The highest BCUT2D eigenvalue weighted by Crippen LogP contribution is 2.55. The molecule has 1 aliphatic carbocycles. The highest BCUT2D eigenvalue weighted by molar-refractivity contribution is 7.91. The summed E-state index contributed by atoms with van der Waals surface area (Å²) in [6.45, 7) is 1.37. The van der Waals surface area contributed by atoms with E-state index in [4.69, 9.17) is 25.8 Å². The summed E-state index contributed by atoms with van der Waals surface area (Å²) in [5.74, 6) is -1.89. The summed E-state index contributed by atoms with van der Waals surface area (Å²) in [5, 5.41) is 6.79. The Balaban J connectivity index is 1.86. The summed E-state index contributed by atoms with van der Waals surface area (Å²) in [6, 6.07) is 0. The van der Waals surface area contributed by atoms with Crippen molar-refractivity contribution in [3.05, 3.63) is 41.2 Å². The largest absolute Gasteiger partial charge is 0.479 e. The summed E-state index contributed by atoms with van der Waals surface area (Å²) in [7, 11) is -0.374. The molecule has 0 spiro atoms. The number of alkyl halides is 3. The van der Waals surface area contributed by atoms with Crippen LogP contribution in [0.2, 0.25) is 5.02 Å². The van der Waals surface area contributed by atoms with Crippen LogP contribution >= 0.6 is 11.6 Å². The van der Waals surface area contributed by atoms with E-state index in [2.05, 4.69) is 30.1 Å². The molecule has 0 bridgehead atoms. The Hall–Kier alpha value is -3.11. The molecule has 0 N–H and O–H groups in total. The molecule has 0 aliphatic heterocycles. The van der Waals surface area contributed by atoms with Gasteiger partial charge in [0.2, 0.25) is 11.8 Å². The average Bonchev–Trinajstić information content (AvgIpc) is 3.25. The van der Waals surface area contributed by atoms with Crippen LogP contribution in [0.4, 0.5) is 13.2 Å². The Morgan fingerprint density at radius 1 is 1.05 bits per heavy atom. The number of nitrogens with zero attached hydrogens (tertiary/aromatic N) is 7. The van der Waals surface area contributed by atoms with Gasteiger partial charge in [0, 0.05) is 19.5 Å². The molecule has 12 nitrogen and oxygen atoms in total. The lowest BCUT2D eigenvalue weighted by molar-refractivity contribution is -0.215. The van der Waals surface area contributed by atoms with Crippen LogP contribution in [0.25, 0.3) is 5.69 Å². The van der Waals surface area contributed by atoms with Crippen molar-refractivity contribution in [1.29, 1.82) is 0 Å². The maximum atomic E-state index is 14.4. The van der Waals surface area contributed by atoms with Crippen LogP contribution < -0.4 is 9.47 Å². The predicted octanol–water partition coefficient (Wildman–Crippen LogP) is 3.19. The molecule has 3 heterocycles. The fourth-order valence-corrected chi connectivity index (χ4v) is 5.95. The summed E-state index contributed by atoms with van der Waals surface area (Å²) in [4.78, 5) is 16.1. The first-order valence-electron chi connectivity index (χ1n) is 11.6. The second kappa shape index (κ2) is 10.8. The molecular formula is C22H25ClF3N7O5S. The van der Waals surface area contributed by atoms with Crippen LogP contribution in [0.3, 0.4) is 0 Å². The van der Waals surface area contributed by atoms with Crippen LogP contribution in [-0.2, 0) is 25.7 Å². The zero-order valence-electron chi connectivity index (χ0n) is 21.3. The molecule has 0 saturated heterocycles. The predicted molar refractivity (Wildman–Crippen MR) is 131 cm³/mol. The first-order valence-corrected chi connectivity index (χ1v) is 13.7. The van der Waals surface area contributed by atoms with Gasteiger partial charge in [0.1, 0.15) is 23.6 Å². The Morgan fingerprint density at radius 2 is 1.64 bits per heavy atom. The minimum atomic E-state index is -4.69. The smallest absolute Gasteiger partial charge is 0.401 e. The molecule has 4 rings (SSSR count). The maximum Gasteiger partial charge on any atom is 0.401 e. The van der Waals surface area contributed by atoms with Gasteiger partial charge in [-0.2, -0.15) is 23.1 Å². The minimum Gasteiger partial charge on any atom is -0.479 e. The Bertz CT molecular complexity index is 1410. The normalized spacial score (nSPS) is 16.8. The van der Waals surface area contributed by atoms with Crippen molar-refractivity contribution < 1.29 is 35.8 Å². The van der Waals surface area contributed by atoms with E-state index in [1.54, 1.807) is 0 Å². The molecule has 17 heteroatoms. The van der Waals surface area contributed by atoms with Crippen molar-refractivity contribution in [2.24, 2.45) is 0 Å². The lowest BCUT2D eigenvalue weighted by atomic mass is 9.67. The number of hydrogen-bond acceptors (Lipinski definition) is 11. The monoisotopic (exact) mass is 591 g/mol. The Labute approximate surface area is 226 Å². The Morgan fingerprint density at radius 3 is 2.10 bits per heavy atom. The molecule has 0 amide bonds. The quantitative estimate of drug-likeness (QED) is 0.343. The highest BCUT2D eigenvalue weighted by Gasteiger charge is 2.62. The molecule has 3 aromatic rings. The van der Waals surface area contributed by atoms with Gasteiger partial charge in [0.25, 0.3) is 0 Å². The van der Waals surface area contributed by atoms with Crippen LogP contribution in [0.1, 0.15) is 49.8 Å². The third-order valence-corrected chi connectivity index (χ3v) is 8.98. The fourth-order valence-electron chi connectivity index (χ4n) is 4.43. The third-order valence-electron chi connectivity index (χ3n) is 6.75. The van der Waals surface area contributed by atoms with E-state index in [0.29, 0.717) is 6.42 Å². The zero-order chi connectivity index (χ0) is 28.6. The number of methoxy groups -OCH3 is 3. The number of sulfone groups is 1. The van der Waals surface area contributed by atoms with Gasteiger partial charge in [-0.3, -0.25) is 4.57 Å². The second-order valence-corrected chi connectivity index (χ2v) is 11.7. The van der Waals surface area contributed by atoms with E-state index in [-0.39, 0.29) is 47.0 Å².